The van der Waals surface area contributed by atoms with Crippen LogP contribution in [0.25, 0.3) is 0 Å². The van der Waals surface area contributed by atoms with Crippen molar-refractivity contribution >= 4 is 23.2 Å². The third-order valence-electron chi connectivity index (χ3n) is 4.41. The quantitative estimate of drug-likeness (QED) is 0.872. The van der Waals surface area contributed by atoms with Crippen LogP contribution in [0.2, 0.25) is 0 Å². The number of carbonyl (C=O) groups excluding carboxylic acids is 2. The molecule has 0 bridgehead atoms. The van der Waals surface area contributed by atoms with Crippen LogP contribution in [0.4, 0.5) is 11.4 Å². The molecule has 1 aliphatic rings. The number of nitrogens with one attached hydrogen (secondary N) is 1. The summed E-state index contributed by atoms with van der Waals surface area (Å²) in [4.78, 5) is 25.8. The molecule has 0 radical (unpaired) electrons. The Kier molecular flexibility index (Phi) is 4.70. The minimum atomic E-state index is -0.166. The lowest BCUT2D eigenvalue weighted by molar-refractivity contribution is -0.116. The molecule has 2 aromatic rings. The van der Waals surface area contributed by atoms with Crippen LogP contribution in [0, 0.1) is 6.92 Å². The molecule has 1 aliphatic heterocycles. The van der Waals surface area contributed by atoms with E-state index in [1.54, 1.807) is 9.58 Å². The maximum Gasteiger partial charge on any atom is 0.250 e. The predicted molar refractivity (Wildman–Crippen MR) is 97.3 cm³/mol. The number of benzene rings is 1. The Morgan fingerprint density at radius 1 is 1.44 bits per heavy atom. The van der Waals surface area contributed by atoms with E-state index in [1.165, 1.54) is 6.08 Å². The normalized spacial score (nSPS) is 13.6. The van der Waals surface area contributed by atoms with Gasteiger partial charge in [0.25, 0.3) is 5.91 Å². The zero-order valence-corrected chi connectivity index (χ0v) is 14.6. The van der Waals surface area contributed by atoms with Crippen molar-refractivity contribution in [2.75, 3.05) is 10.2 Å². The van der Waals surface area contributed by atoms with Crippen molar-refractivity contribution < 1.29 is 9.59 Å². The van der Waals surface area contributed by atoms with Crippen molar-refractivity contribution in [2.45, 2.75) is 32.7 Å². The second-order valence-corrected chi connectivity index (χ2v) is 6.29. The number of aromatic nitrogens is 2. The summed E-state index contributed by atoms with van der Waals surface area (Å²) in [6.45, 7) is 5.97. The van der Waals surface area contributed by atoms with E-state index in [0.717, 1.165) is 41.0 Å². The number of hydrogen-bond acceptors (Lipinski definition) is 3. The SMILES string of the molecule is C=CC(=O)N(Cc1cn(C)nc1C)c1ccc2c(c1)CCCC(=O)N2. The van der Waals surface area contributed by atoms with Crippen molar-refractivity contribution in [2.24, 2.45) is 7.05 Å². The first kappa shape index (κ1) is 17.0. The molecule has 25 heavy (non-hydrogen) atoms. The van der Waals surface area contributed by atoms with E-state index in [0.29, 0.717) is 13.0 Å². The van der Waals surface area contributed by atoms with Gasteiger partial charge in [0, 0.05) is 36.6 Å². The molecule has 1 aromatic carbocycles. The fourth-order valence-electron chi connectivity index (χ4n) is 3.11. The van der Waals surface area contributed by atoms with Crippen molar-refractivity contribution in [3.05, 3.63) is 53.9 Å². The first-order valence-corrected chi connectivity index (χ1v) is 8.34. The number of aryl methyl sites for hydroxylation is 3. The van der Waals surface area contributed by atoms with Crippen LogP contribution < -0.4 is 10.2 Å². The summed E-state index contributed by atoms with van der Waals surface area (Å²) in [6.07, 6.45) is 5.37. The van der Waals surface area contributed by atoms with Crippen molar-refractivity contribution in [1.29, 1.82) is 0 Å². The minimum Gasteiger partial charge on any atom is -0.326 e. The van der Waals surface area contributed by atoms with Gasteiger partial charge in [-0.1, -0.05) is 6.58 Å². The standard InChI is InChI=1S/C19H22N4O2/c1-4-19(25)23(12-15-11-22(3)21-13(15)2)16-8-9-17-14(10-16)6-5-7-18(24)20-17/h4,8-11H,1,5-7,12H2,2-3H3,(H,20,24). The van der Waals surface area contributed by atoms with E-state index in [9.17, 15) is 9.59 Å². The number of anilines is 2. The summed E-state index contributed by atoms with van der Waals surface area (Å²) in [5.41, 5.74) is 4.55. The lowest BCUT2D eigenvalue weighted by Crippen LogP contribution is -2.28. The highest BCUT2D eigenvalue weighted by Gasteiger charge is 2.19. The zero-order chi connectivity index (χ0) is 18.0. The van der Waals surface area contributed by atoms with Gasteiger partial charge in [-0.3, -0.25) is 14.3 Å². The highest BCUT2D eigenvalue weighted by atomic mass is 16.2. The number of hydrogen-bond donors (Lipinski definition) is 1. The van der Waals surface area contributed by atoms with Gasteiger partial charge in [-0.25, -0.2) is 0 Å². The monoisotopic (exact) mass is 338 g/mol. The Morgan fingerprint density at radius 2 is 2.24 bits per heavy atom. The molecule has 3 rings (SSSR count). The van der Waals surface area contributed by atoms with Crippen molar-refractivity contribution in [3.8, 4) is 0 Å². The minimum absolute atomic E-state index is 0.0384. The van der Waals surface area contributed by atoms with Crippen LogP contribution in [0.15, 0.2) is 37.1 Å². The second kappa shape index (κ2) is 6.93. The van der Waals surface area contributed by atoms with Gasteiger partial charge in [0.2, 0.25) is 5.91 Å². The maximum atomic E-state index is 12.4. The molecule has 0 aliphatic carbocycles. The Hall–Kier alpha value is -2.89. The molecular weight excluding hydrogens is 316 g/mol. The van der Waals surface area contributed by atoms with Crippen LogP contribution >= 0.6 is 0 Å². The number of amides is 2. The van der Waals surface area contributed by atoms with Gasteiger partial charge in [-0.05, 0) is 49.6 Å². The molecule has 2 heterocycles. The molecule has 130 valence electrons. The van der Waals surface area contributed by atoms with E-state index >= 15 is 0 Å². The first-order valence-electron chi connectivity index (χ1n) is 8.34. The lowest BCUT2D eigenvalue weighted by atomic mass is 10.1. The van der Waals surface area contributed by atoms with E-state index < -0.39 is 0 Å². The molecule has 0 spiro atoms. The average Bonchev–Trinajstić information content (AvgIpc) is 2.78. The lowest BCUT2D eigenvalue weighted by Gasteiger charge is -2.22. The largest absolute Gasteiger partial charge is 0.326 e. The van der Waals surface area contributed by atoms with Gasteiger partial charge in [-0.15, -0.1) is 0 Å². The third-order valence-corrected chi connectivity index (χ3v) is 4.41. The molecule has 6 heteroatoms. The number of rotatable bonds is 4. The summed E-state index contributed by atoms with van der Waals surface area (Å²) in [5.74, 6) is -0.127. The van der Waals surface area contributed by atoms with Crippen LogP contribution in [0.3, 0.4) is 0 Å². The third kappa shape index (κ3) is 3.63. The fraction of sp³-hybridized carbons (Fsp3) is 0.316. The molecule has 1 aromatic heterocycles. The Balaban J connectivity index is 1.95. The molecule has 6 nitrogen and oxygen atoms in total. The van der Waals surface area contributed by atoms with E-state index in [2.05, 4.69) is 17.0 Å². The fourth-order valence-corrected chi connectivity index (χ4v) is 3.11. The zero-order valence-electron chi connectivity index (χ0n) is 14.6. The molecule has 0 unspecified atom stereocenters. The summed E-state index contributed by atoms with van der Waals surface area (Å²) >= 11 is 0. The molecule has 0 atom stereocenters. The van der Waals surface area contributed by atoms with Crippen LogP contribution in [-0.4, -0.2) is 21.6 Å². The van der Waals surface area contributed by atoms with Crippen LogP contribution in [0.5, 0.6) is 0 Å². The maximum absolute atomic E-state index is 12.4. The summed E-state index contributed by atoms with van der Waals surface area (Å²) < 4.78 is 1.74. The highest BCUT2D eigenvalue weighted by Crippen LogP contribution is 2.28. The van der Waals surface area contributed by atoms with Crippen LogP contribution in [0.1, 0.15) is 29.7 Å². The average molecular weight is 338 g/mol. The number of fused-ring (bicyclic) bond motifs is 1. The number of nitrogens with zero attached hydrogens (tertiary/aromatic N) is 3. The Bertz CT molecular complexity index is 838. The number of carbonyl (C=O) groups is 2. The van der Waals surface area contributed by atoms with Gasteiger partial charge < -0.3 is 10.2 Å². The summed E-state index contributed by atoms with van der Waals surface area (Å²) in [7, 11) is 1.86. The molecule has 0 saturated carbocycles. The molecule has 2 amide bonds. The van der Waals surface area contributed by atoms with Gasteiger partial charge in [0.05, 0.1) is 12.2 Å². The summed E-state index contributed by atoms with van der Waals surface area (Å²) in [6, 6.07) is 5.71. The second-order valence-electron chi connectivity index (χ2n) is 6.29. The van der Waals surface area contributed by atoms with Crippen molar-refractivity contribution in [1.82, 2.24) is 9.78 Å². The molecular formula is C19H22N4O2. The Morgan fingerprint density at radius 3 is 2.92 bits per heavy atom. The molecule has 0 saturated heterocycles. The molecule has 1 N–H and O–H groups in total. The summed E-state index contributed by atoms with van der Waals surface area (Å²) in [5, 5.41) is 7.26. The van der Waals surface area contributed by atoms with E-state index in [-0.39, 0.29) is 11.8 Å². The van der Waals surface area contributed by atoms with Gasteiger partial charge in [0.1, 0.15) is 0 Å². The van der Waals surface area contributed by atoms with E-state index in [1.807, 2.05) is 38.4 Å². The van der Waals surface area contributed by atoms with Gasteiger partial charge >= 0.3 is 0 Å². The van der Waals surface area contributed by atoms with Gasteiger partial charge in [0.15, 0.2) is 0 Å². The van der Waals surface area contributed by atoms with Crippen LogP contribution in [-0.2, 0) is 29.6 Å². The van der Waals surface area contributed by atoms with Gasteiger partial charge in [-0.2, -0.15) is 5.10 Å². The predicted octanol–water partition coefficient (Wildman–Crippen LogP) is 2.72. The Labute approximate surface area is 147 Å². The molecule has 0 fully saturated rings. The van der Waals surface area contributed by atoms with Crippen molar-refractivity contribution in [3.63, 3.8) is 0 Å². The topological polar surface area (TPSA) is 67.2 Å². The highest BCUT2D eigenvalue weighted by molar-refractivity contribution is 6.01. The van der Waals surface area contributed by atoms with E-state index in [4.69, 9.17) is 0 Å². The first-order chi connectivity index (χ1) is 12.0. The smallest absolute Gasteiger partial charge is 0.250 e.